The van der Waals surface area contributed by atoms with Crippen LogP contribution >= 0.6 is 22.7 Å². The van der Waals surface area contributed by atoms with Crippen molar-refractivity contribution < 1.29 is 4.74 Å². The van der Waals surface area contributed by atoms with E-state index in [9.17, 15) is 0 Å². The smallest absolute Gasteiger partial charge is 0.125 e. The van der Waals surface area contributed by atoms with Gasteiger partial charge in [-0.25, -0.2) is 9.97 Å². The summed E-state index contributed by atoms with van der Waals surface area (Å²) in [6.07, 6.45) is 4.52. The second kappa shape index (κ2) is 10.3. The van der Waals surface area contributed by atoms with Gasteiger partial charge < -0.3 is 10.1 Å². The first-order valence-electron chi connectivity index (χ1n) is 10.5. The van der Waals surface area contributed by atoms with Crippen molar-refractivity contribution in [3.8, 4) is 0 Å². The number of nitrogens with zero attached hydrogens (tertiary/aromatic N) is 3. The van der Waals surface area contributed by atoms with Crippen molar-refractivity contribution in [3.63, 3.8) is 0 Å². The lowest BCUT2D eigenvalue weighted by molar-refractivity contribution is 0.0874. The number of thiophene rings is 1. The van der Waals surface area contributed by atoms with E-state index < -0.39 is 0 Å². The van der Waals surface area contributed by atoms with E-state index in [1.54, 1.807) is 22.7 Å². The first-order chi connectivity index (χ1) is 14.8. The molecule has 0 radical (unpaired) electrons. The third-order valence-electron chi connectivity index (χ3n) is 5.40. The van der Waals surface area contributed by atoms with E-state index >= 15 is 0 Å². The van der Waals surface area contributed by atoms with Crippen LogP contribution in [0.1, 0.15) is 26.7 Å². The molecule has 3 aromatic heterocycles. The minimum atomic E-state index is 0.708. The Hall–Kier alpha value is -2.06. The molecular formula is C23H28N4OS2. The first-order valence-corrected chi connectivity index (χ1v) is 12.3. The summed E-state index contributed by atoms with van der Waals surface area (Å²) < 4.78 is 6.62. The highest BCUT2D eigenvalue weighted by atomic mass is 32.1. The maximum absolute atomic E-state index is 5.41. The molecule has 1 N–H and O–H groups in total. The van der Waals surface area contributed by atoms with Crippen LogP contribution in [-0.2, 0) is 4.74 Å². The lowest BCUT2D eigenvalue weighted by Gasteiger charge is -2.21. The van der Waals surface area contributed by atoms with Gasteiger partial charge in [-0.05, 0) is 68.6 Å². The summed E-state index contributed by atoms with van der Waals surface area (Å²) in [5, 5.41) is 6.67. The Labute approximate surface area is 185 Å². The number of rotatable bonds is 6. The Morgan fingerprint density at radius 2 is 2.10 bits per heavy atom. The molecule has 158 valence electrons. The number of hydrogen-bond acceptors (Lipinski definition) is 7. The van der Waals surface area contributed by atoms with E-state index in [1.807, 2.05) is 17.8 Å². The Morgan fingerprint density at radius 3 is 2.97 bits per heavy atom. The van der Waals surface area contributed by atoms with Crippen LogP contribution in [0.2, 0.25) is 0 Å². The van der Waals surface area contributed by atoms with E-state index in [2.05, 4.69) is 63.7 Å². The average Bonchev–Trinajstić information content (AvgIpc) is 3.52. The predicted molar refractivity (Wildman–Crippen MR) is 129 cm³/mol. The molecule has 0 amide bonds. The summed E-state index contributed by atoms with van der Waals surface area (Å²) in [4.78, 5) is 12.3. The fourth-order valence-electron chi connectivity index (χ4n) is 3.83. The summed E-state index contributed by atoms with van der Waals surface area (Å²) >= 11 is 3.31. The number of thiazole rings is 1. The highest BCUT2D eigenvalue weighted by Gasteiger charge is 2.22. The van der Waals surface area contributed by atoms with E-state index in [0.29, 0.717) is 6.04 Å². The number of benzene rings is 1. The molecule has 1 aliphatic rings. The number of nitrogens with one attached hydrogen (secondary N) is 1. The SMILES string of the molecule is CCOCC1CCCN1CC.c1cc(Nc2ccc3scnc3c2)c2ccsc2n1. The van der Waals surface area contributed by atoms with Crippen LogP contribution in [0, 0.1) is 0 Å². The van der Waals surface area contributed by atoms with Crippen LogP contribution in [0.5, 0.6) is 0 Å². The maximum Gasteiger partial charge on any atom is 0.125 e. The van der Waals surface area contributed by atoms with Crippen molar-refractivity contribution in [2.75, 3.05) is 31.6 Å². The number of fused-ring (bicyclic) bond motifs is 2. The molecule has 1 aromatic carbocycles. The van der Waals surface area contributed by atoms with Gasteiger partial charge in [0, 0.05) is 29.9 Å². The van der Waals surface area contributed by atoms with Gasteiger partial charge >= 0.3 is 0 Å². The molecule has 1 aliphatic heterocycles. The number of likely N-dealkylation sites (tertiary alicyclic amines) is 1. The van der Waals surface area contributed by atoms with Gasteiger partial charge in [0.2, 0.25) is 0 Å². The topological polar surface area (TPSA) is 50.3 Å². The molecule has 7 heteroatoms. The van der Waals surface area contributed by atoms with Gasteiger partial charge in [0.15, 0.2) is 0 Å². The van der Waals surface area contributed by atoms with Crippen molar-refractivity contribution in [1.29, 1.82) is 0 Å². The minimum Gasteiger partial charge on any atom is -0.380 e. The number of likely N-dealkylation sites (N-methyl/N-ethyl adjacent to an activating group) is 1. The molecule has 1 unspecified atom stereocenters. The van der Waals surface area contributed by atoms with Crippen LogP contribution < -0.4 is 5.32 Å². The zero-order valence-corrected chi connectivity index (χ0v) is 19.1. The van der Waals surface area contributed by atoms with E-state index in [0.717, 1.165) is 40.3 Å². The molecule has 4 aromatic rings. The molecule has 0 saturated carbocycles. The monoisotopic (exact) mass is 440 g/mol. The summed E-state index contributed by atoms with van der Waals surface area (Å²) in [5.74, 6) is 0. The molecule has 5 rings (SSSR count). The van der Waals surface area contributed by atoms with Gasteiger partial charge in [-0.3, -0.25) is 4.90 Å². The van der Waals surface area contributed by atoms with Crippen molar-refractivity contribution in [2.45, 2.75) is 32.7 Å². The molecule has 0 spiro atoms. The summed E-state index contributed by atoms with van der Waals surface area (Å²) in [7, 11) is 0. The van der Waals surface area contributed by atoms with Crippen LogP contribution in [0.15, 0.2) is 47.4 Å². The lowest BCUT2D eigenvalue weighted by Crippen LogP contribution is -2.32. The predicted octanol–water partition coefficient (Wildman–Crippen LogP) is 6.16. The zero-order valence-electron chi connectivity index (χ0n) is 17.5. The van der Waals surface area contributed by atoms with Gasteiger partial charge in [-0.15, -0.1) is 22.7 Å². The minimum absolute atomic E-state index is 0.708. The molecule has 1 fully saturated rings. The van der Waals surface area contributed by atoms with Gasteiger partial charge in [-0.1, -0.05) is 6.92 Å². The molecular weight excluding hydrogens is 412 g/mol. The van der Waals surface area contributed by atoms with E-state index in [1.165, 1.54) is 30.6 Å². The second-order valence-electron chi connectivity index (χ2n) is 7.24. The van der Waals surface area contributed by atoms with E-state index in [-0.39, 0.29) is 0 Å². The highest BCUT2D eigenvalue weighted by Crippen LogP contribution is 2.29. The Morgan fingerprint density at radius 1 is 1.17 bits per heavy atom. The maximum atomic E-state index is 5.41. The molecule has 0 bridgehead atoms. The average molecular weight is 441 g/mol. The van der Waals surface area contributed by atoms with Crippen molar-refractivity contribution in [2.24, 2.45) is 0 Å². The zero-order chi connectivity index (χ0) is 20.8. The third-order valence-corrected chi connectivity index (χ3v) is 7.03. The largest absolute Gasteiger partial charge is 0.380 e. The molecule has 1 saturated heterocycles. The van der Waals surface area contributed by atoms with Gasteiger partial charge in [0.25, 0.3) is 0 Å². The number of anilines is 2. The fraction of sp³-hybridized carbons (Fsp3) is 0.391. The molecule has 4 heterocycles. The first kappa shape index (κ1) is 21.2. The molecule has 5 nitrogen and oxygen atoms in total. The number of pyridine rings is 1. The van der Waals surface area contributed by atoms with Crippen molar-refractivity contribution in [3.05, 3.63) is 47.4 Å². The van der Waals surface area contributed by atoms with Crippen LogP contribution in [-0.4, -0.2) is 47.2 Å². The molecule has 0 aliphatic carbocycles. The third kappa shape index (κ3) is 4.98. The van der Waals surface area contributed by atoms with Gasteiger partial charge in [0.1, 0.15) is 4.83 Å². The standard InChI is InChI=1S/C14H9N3S2.C9H19NO/c1-2-13-12(16-8-19-13)7-9(1)17-11-3-5-15-14-10(11)4-6-18-14;1-3-10-7-5-6-9(10)8-11-4-2/h1-8H,(H,15,17);9H,3-8H2,1-2H3. The van der Waals surface area contributed by atoms with Crippen LogP contribution in [0.3, 0.4) is 0 Å². The van der Waals surface area contributed by atoms with Crippen molar-refractivity contribution in [1.82, 2.24) is 14.9 Å². The highest BCUT2D eigenvalue weighted by molar-refractivity contribution is 7.17. The summed E-state index contributed by atoms with van der Waals surface area (Å²) in [5.41, 5.74) is 5.04. The Balaban J connectivity index is 0.000000170. The second-order valence-corrected chi connectivity index (χ2v) is 9.02. The normalized spacial score (nSPS) is 16.7. The fourth-order valence-corrected chi connectivity index (χ4v) is 5.25. The van der Waals surface area contributed by atoms with Crippen molar-refractivity contribution >= 4 is 54.5 Å². The lowest BCUT2D eigenvalue weighted by atomic mass is 10.2. The summed E-state index contributed by atoms with van der Waals surface area (Å²) in [6, 6.07) is 11.1. The Bertz CT molecular complexity index is 1080. The van der Waals surface area contributed by atoms with Gasteiger partial charge in [0.05, 0.1) is 28.0 Å². The molecule has 1 atom stereocenters. The molecule has 30 heavy (non-hydrogen) atoms. The van der Waals surface area contributed by atoms with E-state index in [4.69, 9.17) is 4.74 Å². The Kier molecular flexibility index (Phi) is 7.28. The number of hydrogen-bond donors (Lipinski definition) is 1. The quantitative estimate of drug-likeness (QED) is 0.389. The summed E-state index contributed by atoms with van der Waals surface area (Å²) in [6.45, 7) is 8.53. The number of aromatic nitrogens is 2. The van der Waals surface area contributed by atoms with Crippen LogP contribution in [0.25, 0.3) is 20.4 Å². The van der Waals surface area contributed by atoms with Gasteiger partial charge in [-0.2, -0.15) is 0 Å². The van der Waals surface area contributed by atoms with Crippen LogP contribution in [0.4, 0.5) is 11.4 Å². The number of ether oxygens (including phenoxy) is 1.